The zero-order valence-corrected chi connectivity index (χ0v) is 19.1. The van der Waals surface area contributed by atoms with Gasteiger partial charge in [0.25, 0.3) is 0 Å². The quantitative estimate of drug-likeness (QED) is 0.370. The van der Waals surface area contributed by atoms with Crippen molar-refractivity contribution in [3.63, 3.8) is 0 Å². The van der Waals surface area contributed by atoms with Gasteiger partial charge in [0.05, 0.1) is 36.0 Å². The van der Waals surface area contributed by atoms with Crippen LogP contribution in [0.2, 0.25) is 10.0 Å². The normalized spacial score (nSPS) is 10.4. The van der Waals surface area contributed by atoms with E-state index in [4.69, 9.17) is 32.7 Å². The van der Waals surface area contributed by atoms with Gasteiger partial charge in [0.1, 0.15) is 0 Å². The number of hydrogen-bond acceptors (Lipinski definition) is 4. The highest BCUT2D eigenvalue weighted by Gasteiger charge is 2.24. The van der Waals surface area contributed by atoms with Crippen molar-refractivity contribution < 1.29 is 19.1 Å². The summed E-state index contributed by atoms with van der Waals surface area (Å²) in [5, 5.41) is 0.945. The summed E-state index contributed by atoms with van der Waals surface area (Å²) in [6, 6.07) is 20.6. The Labute approximate surface area is 196 Å². The molecule has 6 nitrogen and oxygen atoms in total. The molecule has 0 saturated carbocycles. The number of benzene rings is 3. The molecule has 0 bridgehead atoms. The molecule has 0 aromatic heterocycles. The third kappa shape index (κ3) is 5.52. The number of carbonyl (C=O) groups is 2. The Hall–Kier alpha value is -3.22. The van der Waals surface area contributed by atoms with E-state index in [0.717, 1.165) is 0 Å². The maximum Gasteiger partial charge on any atom is 0.418 e. The van der Waals surface area contributed by atoms with Crippen molar-refractivity contribution in [1.29, 1.82) is 0 Å². The lowest BCUT2D eigenvalue weighted by atomic mass is 10.2. The van der Waals surface area contributed by atoms with Crippen molar-refractivity contribution in [3.8, 4) is 0 Å². The Morgan fingerprint density at radius 2 is 1.00 bits per heavy atom. The Morgan fingerprint density at radius 3 is 1.34 bits per heavy atom. The Bertz CT molecular complexity index is 1020. The van der Waals surface area contributed by atoms with Crippen LogP contribution in [0.25, 0.3) is 0 Å². The lowest BCUT2D eigenvalue weighted by molar-refractivity contribution is 0.162. The fourth-order valence-corrected chi connectivity index (χ4v) is 3.47. The number of ether oxygens (including phenoxy) is 2. The minimum atomic E-state index is -0.572. The zero-order valence-electron chi connectivity index (χ0n) is 17.6. The van der Waals surface area contributed by atoms with Crippen molar-refractivity contribution in [2.24, 2.45) is 0 Å². The van der Waals surface area contributed by atoms with Gasteiger partial charge in [-0.05, 0) is 68.4 Å². The van der Waals surface area contributed by atoms with E-state index in [9.17, 15) is 9.59 Å². The molecule has 3 rings (SSSR count). The van der Waals surface area contributed by atoms with Gasteiger partial charge in [-0.25, -0.2) is 19.4 Å². The van der Waals surface area contributed by atoms with Crippen LogP contribution in [0.1, 0.15) is 13.8 Å². The van der Waals surface area contributed by atoms with Crippen molar-refractivity contribution in [2.75, 3.05) is 23.0 Å². The largest absolute Gasteiger partial charge is 0.449 e. The molecule has 3 aromatic carbocycles. The molecule has 0 heterocycles. The summed E-state index contributed by atoms with van der Waals surface area (Å²) < 4.78 is 10.5. The van der Waals surface area contributed by atoms with Crippen LogP contribution in [0.4, 0.5) is 32.3 Å². The van der Waals surface area contributed by atoms with Crippen molar-refractivity contribution >= 4 is 58.1 Å². The predicted molar refractivity (Wildman–Crippen MR) is 128 cm³/mol. The molecule has 0 aliphatic heterocycles. The molecule has 0 spiro atoms. The summed E-state index contributed by atoms with van der Waals surface area (Å²) in [4.78, 5) is 28.4. The lowest BCUT2D eigenvalue weighted by Gasteiger charge is -2.26. The van der Waals surface area contributed by atoms with E-state index < -0.39 is 12.2 Å². The number of halogens is 2. The van der Waals surface area contributed by atoms with Crippen LogP contribution in [-0.4, -0.2) is 25.4 Å². The van der Waals surface area contributed by atoms with E-state index in [1.54, 1.807) is 86.6 Å². The third-order valence-corrected chi connectivity index (χ3v) is 4.85. The van der Waals surface area contributed by atoms with E-state index in [0.29, 0.717) is 32.8 Å². The van der Waals surface area contributed by atoms with Gasteiger partial charge < -0.3 is 9.47 Å². The molecule has 0 unspecified atom stereocenters. The van der Waals surface area contributed by atoms with Gasteiger partial charge in [-0.1, -0.05) is 41.4 Å². The minimum absolute atomic E-state index is 0.201. The van der Waals surface area contributed by atoms with E-state index in [1.165, 1.54) is 9.80 Å². The molecule has 0 fully saturated rings. The zero-order chi connectivity index (χ0) is 23.1. The molecule has 0 aliphatic rings. The highest BCUT2D eigenvalue weighted by atomic mass is 35.5. The maximum absolute atomic E-state index is 12.8. The van der Waals surface area contributed by atoms with E-state index in [2.05, 4.69) is 0 Å². The highest BCUT2D eigenvalue weighted by Crippen LogP contribution is 2.34. The topological polar surface area (TPSA) is 59.1 Å². The molecule has 3 aromatic rings. The summed E-state index contributed by atoms with van der Waals surface area (Å²) in [7, 11) is 0. The standard InChI is InChI=1S/C24H22Cl2N2O4/c1-3-31-23(29)27(19-10-5-8-17(25)14-19)21-12-7-13-22(16-21)28(24(30)32-4-2)20-11-6-9-18(26)15-20/h5-16H,3-4H2,1-2H3. The van der Waals surface area contributed by atoms with Crippen LogP contribution < -0.4 is 9.80 Å². The smallest absolute Gasteiger partial charge is 0.418 e. The number of nitrogens with zero attached hydrogens (tertiary/aromatic N) is 2. The Kier molecular flexibility index (Phi) is 7.98. The second-order valence-corrected chi connectivity index (χ2v) is 7.42. The van der Waals surface area contributed by atoms with Crippen LogP contribution in [0, 0.1) is 0 Å². The van der Waals surface area contributed by atoms with Gasteiger partial charge in [0.2, 0.25) is 0 Å². The summed E-state index contributed by atoms with van der Waals surface area (Å²) in [6.07, 6.45) is -1.14. The molecule has 2 amide bonds. The van der Waals surface area contributed by atoms with Gasteiger partial charge in [-0.3, -0.25) is 0 Å². The second-order valence-electron chi connectivity index (χ2n) is 6.55. The van der Waals surface area contributed by atoms with Crippen LogP contribution >= 0.6 is 23.2 Å². The lowest BCUT2D eigenvalue weighted by Crippen LogP contribution is -2.29. The van der Waals surface area contributed by atoms with Gasteiger partial charge in [-0.15, -0.1) is 0 Å². The first-order valence-corrected chi connectivity index (χ1v) is 10.7. The molecular formula is C24H22Cl2N2O4. The van der Waals surface area contributed by atoms with Crippen molar-refractivity contribution in [3.05, 3.63) is 82.8 Å². The van der Waals surface area contributed by atoms with Crippen molar-refractivity contribution in [1.82, 2.24) is 0 Å². The van der Waals surface area contributed by atoms with Crippen LogP contribution in [0.15, 0.2) is 72.8 Å². The Morgan fingerprint density at radius 1 is 0.656 bits per heavy atom. The second kappa shape index (κ2) is 10.9. The molecule has 166 valence electrons. The maximum atomic E-state index is 12.8. The molecule has 8 heteroatoms. The predicted octanol–water partition coefficient (Wildman–Crippen LogP) is 7.58. The SMILES string of the molecule is CCOC(=O)N(c1cccc(Cl)c1)c1cccc(N(C(=O)OCC)c2cccc(Cl)c2)c1. The number of rotatable bonds is 6. The number of amides is 2. The first kappa shape index (κ1) is 23.4. The number of hydrogen-bond donors (Lipinski definition) is 0. The molecule has 0 aliphatic carbocycles. The summed E-state index contributed by atoms with van der Waals surface area (Å²) in [5.74, 6) is 0. The minimum Gasteiger partial charge on any atom is -0.449 e. The molecule has 0 radical (unpaired) electrons. The summed E-state index contributed by atoms with van der Waals surface area (Å²) in [6.45, 7) is 3.86. The molecular weight excluding hydrogens is 451 g/mol. The molecule has 0 saturated heterocycles. The van der Waals surface area contributed by atoms with E-state index >= 15 is 0 Å². The Balaban J connectivity index is 2.11. The average molecular weight is 473 g/mol. The summed E-state index contributed by atoms with van der Waals surface area (Å²) >= 11 is 12.3. The van der Waals surface area contributed by atoms with E-state index in [1.807, 2.05) is 0 Å². The molecule has 32 heavy (non-hydrogen) atoms. The number of anilines is 4. The average Bonchev–Trinajstić information content (AvgIpc) is 2.75. The molecule has 0 N–H and O–H groups in total. The van der Waals surface area contributed by atoms with Crippen LogP contribution in [-0.2, 0) is 9.47 Å². The van der Waals surface area contributed by atoms with Crippen LogP contribution in [0.3, 0.4) is 0 Å². The number of carbonyl (C=O) groups excluding carboxylic acids is 2. The monoisotopic (exact) mass is 472 g/mol. The van der Waals surface area contributed by atoms with Gasteiger partial charge in [0, 0.05) is 10.0 Å². The van der Waals surface area contributed by atoms with E-state index in [-0.39, 0.29) is 13.2 Å². The first-order chi connectivity index (χ1) is 15.4. The third-order valence-electron chi connectivity index (χ3n) is 4.38. The van der Waals surface area contributed by atoms with Crippen molar-refractivity contribution in [2.45, 2.75) is 13.8 Å². The summed E-state index contributed by atoms with van der Waals surface area (Å²) in [5.41, 5.74) is 2.02. The molecule has 0 atom stereocenters. The van der Waals surface area contributed by atoms with Crippen LogP contribution in [0.5, 0.6) is 0 Å². The van der Waals surface area contributed by atoms with Gasteiger partial charge in [-0.2, -0.15) is 0 Å². The fraction of sp³-hybridized carbons (Fsp3) is 0.167. The highest BCUT2D eigenvalue weighted by molar-refractivity contribution is 6.31. The van der Waals surface area contributed by atoms with Gasteiger partial charge >= 0.3 is 12.2 Å². The first-order valence-electron chi connectivity index (χ1n) is 9.99. The van der Waals surface area contributed by atoms with Gasteiger partial charge in [0.15, 0.2) is 0 Å². The fourth-order valence-electron chi connectivity index (χ4n) is 3.10.